The molecule has 1 aliphatic heterocycles. The van der Waals surface area contributed by atoms with E-state index in [0.29, 0.717) is 19.5 Å². The van der Waals surface area contributed by atoms with Gasteiger partial charge in [-0.3, -0.25) is 9.59 Å². The number of hydrogen-bond donors (Lipinski definition) is 1. The number of carbonyl (C=O) groups is 2. The van der Waals surface area contributed by atoms with Gasteiger partial charge in [-0.15, -0.1) is 0 Å². The first-order valence-corrected chi connectivity index (χ1v) is 8.73. The van der Waals surface area contributed by atoms with Gasteiger partial charge in [0, 0.05) is 25.1 Å². The minimum Gasteiger partial charge on any atom is -0.481 e. The van der Waals surface area contributed by atoms with Crippen LogP contribution in [0.5, 0.6) is 0 Å². The van der Waals surface area contributed by atoms with Crippen molar-refractivity contribution >= 4 is 11.8 Å². The average Bonchev–Trinajstić information content (AvgIpc) is 2.59. The average molecular weight is 315 g/mol. The second-order valence-electron chi connectivity index (χ2n) is 6.84. The first-order chi connectivity index (χ1) is 11.1. The van der Waals surface area contributed by atoms with Crippen LogP contribution in [0.15, 0.2) is 18.2 Å². The Morgan fingerprint density at radius 2 is 1.91 bits per heavy atom. The molecule has 1 aliphatic carbocycles. The van der Waals surface area contributed by atoms with Crippen molar-refractivity contribution in [1.29, 1.82) is 0 Å². The third kappa shape index (κ3) is 3.99. The van der Waals surface area contributed by atoms with Gasteiger partial charge in [0.15, 0.2) is 5.78 Å². The van der Waals surface area contributed by atoms with E-state index in [4.69, 9.17) is 5.11 Å². The van der Waals surface area contributed by atoms with E-state index in [1.54, 1.807) is 0 Å². The minimum absolute atomic E-state index is 0.177. The maximum Gasteiger partial charge on any atom is 0.307 e. The Morgan fingerprint density at radius 3 is 2.70 bits per heavy atom. The van der Waals surface area contributed by atoms with Crippen LogP contribution in [-0.4, -0.2) is 41.4 Å². The summed E-state index contributed by atoms with van der Waals surface area (Å²) in [4.78, 5) is 25.7. The van der Waals surface area contributed by atoms with Crippen LogP contribution >= 0.6 is 0 Å². The predicted molar refractivity (Wildman–Crippen MR) is 88.8 cm³/mol. The number of likely N-dealkylation sites (tertiary alicyclic amines) is 1. The van der Waals surface area contributed by atoms with Gasteiger partial charge in [-0.25, -0.2) is 0 Å². The molecule has 23 heavy (non-hydrogen) atoms. The highest BCUT2D eigenvalue weighted by atomic mass is 16.4. The van der Waals surface area contributed by atoms with E-state index < -0.39 is 5.97 Å². The monoisotopic (exact) mass is 315 g/mol. The lowest BCUT2D eigenvalue weighted by molar-refractivity contribution is -0.143. The molecule has 1 N–H and O–H groups in total. The largest absolute Gasteiger partial charge is 0.481 e. The van der Waals surface area contributed by atoms with E-state index in [2.05, 4.69) is 17.0 Å². The molecule has 1 unspecified atom stereocenters. The molecule has 3 rings (SSSR count). The Bertz CT molecular complexity index is 596. The van der Waals surface area contributed by atoms with Crippen molar-refractivity contribution in [3.05, 3.63) is 34.9 Å². The topological polar surface area (TPSA) is 57.6 Å². The standard InChI is InChI=1S/C19H25NO3/c21-18(9-11-20-10-3-6-17(13-20)19(22)23)16-8-7-14-4-1-2-5-15(14)12-16/h7-8,12,17H,1-6,9-11,13H2,(H,22,23). The van der Waals surface area contributed by atoms with Crippen molar-refractivity contribution in [2.24, 2.45) is 5.92 Å². The van der Waals surface area contributed by atoms with Crippen molar-refractivity contribution in [2.75, 3.05) is 19.6 Å². The molecule has 2 aliphatic rings. The van der Waals surface area contributed by atoms with Crippen molar-refractivity contribution in [3.63, 3.8) is 0 Å². The van der Waals surface area contributed by atoms with Crippen molar-refractivity contribution < 1.29 is 14.7 Å². The summed E-state index contributed by atoms with van der Waals surface area (Å²) in [5.74, 6) is -0.811. The number of rotatable bonds is 5. The van der Waals surface area contributed by atoms with Crippen molar-refractivity contribution in [3.8, 4) is 0 Å². The summed E-state index contributed by atoms with van der Waals surface area (Å²) >= 11 is 0. The quantitative estimate of drug-likeness (QED) is 0.849. The summed E-state index contributed by atoms with van der Waals surface area (Å²) in [6.45, 7) is 2.15. The number of hydrogen-bond acceptors (Lipinski definition) is 3. The van der Waals surface area contributed by atoms with Gasteiger partial charge in [0.1, 0.15) is 0 Å². The summed E-state index contributed by atoms with van der Waals surface area (Å²) < 4.78 is 0. The third-order valence-corrected chi connectivity index (χ3v) is 5.18. The van der Waals surface area contributed by atoms with Crippen LogP contribution in [0.1, 0.15) is 53.6 Å². The maximum atomic E-state index is 12.4. The van der Waals surface area contributed by atoms with Gasteiger partial charge in [-0.05, 0) is 62.3 Å². The number of carboxylic acid groups (broad SMARTS) is 1. The zero-order valence-electron chi connectivity index (χ0n) is 13.6. The number of aliphatic carboxylic acids is 1. The zero-order valence-corrected chi connectivity index (χ0v) is 13.6. The summed E-state index contributed by atoms with van der Waals surface area (Å²) in [7, 11) is 0. The van der Waals surface area contributed by atoms with Crippen molar-refractivity contribution in [1.82, 2.24) is 4.90 Å². The molecule has 1 aromatic rings. The first-order valence-electron chi connectivity index (χ1n) is 8.73. The fourth-order valence-corrected chi connectivity index (χ4v) is 3.77. The van der Waals surface area contributed by atoms with E-state index in [0.717, 1.165) is 37.8 Å². The van der Waals surface area contributed by atoms with Crippen LogP contribution in [0.2, 0.25) is 0 Å². The minimum atomic E-state index is -0.712. The highest BCUT2D eigenvalue weighted by Crippen LogP contribution is 2.23. The van der Waals surface area contributed by atoms with E-state index in [1.807, 2.05) is 6.07 Å². The second-order valence-corrected chi connectivity index (χ2v) is 6.84. The number of benzene rings is 1. The van der Waals surface area contributed by atoms with Gasteiger partial charge >= 0.3 is 5.97 Å². The fraction of sp³-hybridized carbons (Fsp3) is 0.579. The van der Waals surface area contributed by atoms with E-state index in [-0.39, 0.29) is 11.7 Å². The highest BCUT2D eigenvalue weighted by Gasteiger charge is 2.25. The van der Waals surface area contributed by atoms with E-state index >= 15 is 0 Å². The Hall–Kier alpha value is -1.68. The van der Waals surface area contributed by atoms with Crippen molar-refractivity contribution in [2.45, 2.75) is 44.9 Å². The highest BCUT2D eigenvalue weighted by molar-refractivity contribution is 5.96. The smallest absolute Gasteiger partial charge is 0.307 e. The van der Waals surface area contributed by atoms with E-state index in [9.17, 15) is 9.59 Å². The third-order valence-electron chi connectivity index (χ3n) is 5.18. The number of aryl methyl sites for hydroxylation is 2. The number of piperidine rings is 1. The van der Waals surface area contributed by atoms with Crippen LogP contribution in [0.3, 0.4) is 0 Å². The molecule has 0 radical (unpaired) electrons. The molecule has 0 spiro atoms. The number of ketones is 1. The van der Waals surface area contributed by atoms with Gasteiger partial charge < -0.3 is 10.0 Å². The summed E-state index contributed by atoms with van der Waals surface area (Å²) in [5, 5.41) is 9.13. The Kier molecular flexibility index (Phi) is 5.11. The lowest BCUT2D eigenvalue weighted by atomic mass is 9.89. The molecule has 1 atom stereocenters. The molecule has 124 valence electrons. The maximum absolute atomic E-state index is 12.4. The molecule has 0 aromatic heterocycles. The molecular weight excluding hydrogens is 290 g/mol. The van der Waals surface area contributed by atoms with Crippen LogP contribution < -0.4 is 0 Å². The number of Topliss-reactive ketones (excluding diaryl/α,β-unsaturated/α-hetero) is 1. The van der Waals surface area contributed by atoms with Gasteiger partial charge in [-0.2, -0.15) is 0 Å². The second kappa shape index (κ2) is 7.26. The molecule has 4 nitrogen and oxygen atoms in total. The van der Waals surface area contributed by atoms with Gasteiger partial charge in [0.2, 0.25) is 0 Å². The number of fused-ring (bicyclic) bond motifs is 1. The lowest BCUT2D eigenvalue weighted by Crippen LogP contribution is -2.39. The van der Waals surface area contributed by atoms with Crippen LogP contribution in [-0.2, 0) is 17.6 Å². The van der Waals surface area contributed by atoms with Gasteiger partial charge in [0.05, 0.1) is 5.92 Å². The molecule has 1 fully saturated rings. The molecule has 4 heteroatoms. The van der Waals surface area contributed by atoms with Crippen LogP contribution in [0.25, 0.3) is 0 Å². The lowest BCUT2D eigenvalue weighted by Gasteiger charge is -2.30. The normalized spacial score (nSPS) is 21.7. The molecule has 1 heterocycles. The molecule has 1 aromatic carbocycles. The predicted octanol–water partition coefficient (Wildman–Crippen LogP) is 2.93. The molecule has 1 saturated heterocycles. The number of carbonyl (C=O) groups excluding carboxylic acids is 1. The van der Waals surface area contributed by atoms with Crippen LogP contribution in [0.4, 0.5) is 0 Å². The summed E-state index contributed by atoms with van der Waals surface area (Å²) in [5.41, 5.74) is 3.55. The fourth-order valence-electron chi connectivity index (χ4n) is 3.77. The molecular formula is C19H25NO3. The summed E-state index contributed by atoms with van der Waals surface area (Å²) in [6, 6.07) is 6.15. The molecule has 0 saturated carbocycles. The van der Waals surface area contributed by atoms with Gasteiger partial charge in [0.25, 0.3) is 0 Å². The number of nitrogens with zero attached hydrogens (tertiary/aromatic N) is 1. The Labute approximate surface area is 137 Å². The number of carboxylic acids is 1. The van der Waals surface area contributed by atoms with Crippen LogP contribution in [0, 0.1) is 5.92 Å². The summed E-state index contributed by atoms with van der Waals surface area (Å²) in [6.07, 6.45) is 6.83. The zero-order chi connectivity index (χ0) is 16.2. The Balaban J connectivity index is 1.56. The SMILES string of the molecule is O=C(CCN1CCCC(C(=O)O)C1)c1ccc2c(c1)CCCC2. The Morgan fingerprint density at radius 1 is 1.13 bits per heavy atom. The van der Waals surface area contributed by atoms with Gasteiger partial charge in [-0.1, -0.05) is 12.1 Å². The molecule has 0 bridgehead atoms. The van der Waals surface area contributed by atoms with E-state index in [1.165, 1.54) is 24.0 Å². The first kappa shape index (κ1) is 16.2. The molecule has 0 amide bonds.